The van der Waals surface area contributed by atoms with Gasteiger partial charge in [-0.05, 0) is 43.4 Å². The van der Waals surface area contributed by atoms with Gasteiger partial charge >= 0.3 is 0 Å². The Balaban J connectivity index is 2.33. The highest BCUT2D eigenvalue weighted by Gasteiger charge is 2.15. The smallest absolute Gasteiger partial charge is 0.0232 e. The van der Waals surface area contributed by atoms with Crippen LogP contribution in [0.15, 0.2) is 11.6 Å². The lowest BCUT2D eigenvalue weighted by atomic mass is 9.83. The van der Waals surface area contributed by atoms with E-state index in [4.69, 9.17) is 0 Å². The van der Waals surface area contributed by atoms with Crippen molar-refractivity contribution in [2.45, 2.75) is 59.8 Å². The van der Waals surface area contributed by atoms with Crippen LogP contribution in [-0.2, 0) is 0 Å². The predicted molar refractivity (Wildman–Crippen MR) is 64.3 cm³/mol. The Bertz CT molecular complexity index is 188. The summed E-state index contributed by atoms with van der Waals surface area (Å²) < 4.78 is 0. The highest BCUT2D eigenvalue weighted by Crippen LogP contribution is 2.30. The van der Waals surface area contributed by atoms with Gasteiger partial charge in [0, 0.05) is 0 Å². The van der Waals surface area contributed by atoms with Crippen LogP contribution in [0.1, 0.15) is 59.8 Å². The lowest BCUT2D eigenvalue weighted by Gasteiger charge is -2.23. The lowest BCUT2D eigenvalue weighted by Crippen LogP contribution is -2.08. The fourth-order valence-electron chi connectivity index (χ4n) is 2.20. The molecule has 14 heavy (non-hydrogen) atoms. The second-order valence-corrected chi connectivity index (χ2v) is 5.53. The average Bonchev–Trinajstić information content (AvgIpc) is 2.15. The standard InChI is InChI=1S/C14H26/c1-11(2)5-8-13(4)14-9-6-12(3)7-10-14/h9,11-13H,5-8,10H2,1-4H3. The zero-order valence-electron chi connectivity index (χ0n) is 10.3. The molecule has 0 bridgehead atoms. The second kappa shape index (κ2) is 5.58. The first-order chi connectivity index (χ1) is 6.59. The van der Waals surface area contributed by atoms with Gasteiger partial charge < -0.3 is 0 Å². The van der Waals surface area contributed by atoms with Crippen molar-refractivity contribution in [2.75, 3.05) is 0 Å². The average molecular weight is 194 g/mol. The fraction of sp³-hybridized carbons (Fsp3) is 0.857. The first-order valence-corrected chi connectivity index (χ1v) is 6.28. The Morgan fingerprint density at radius 1 is 1.29 bits per heavy atom. The topological polar surface area (TPSA) is 0 Å². The number of rotatable bonds is 4. The van der Waals surface area contributed by atoms with E-state index in [0.717, 1.165) is 17.8 Å². The Hall–Kier alpha value is -0.260. The first-order valence-electron chi connectivity index (χ1n) is 6.28. The van der Waals surface area contributed by atoms with E-state index < -0.39 is 0 Å². The van der Waals surface area contributed by atoms with E-state index in [1.54, 1.807) is 5.57 Å². The third kappa shape index (κ3) is 3.86. The molecule has 0 nitrogen and oxygen atoms in total. The maximum atomic E-state index is 2.51. The van der Waals surface area contributed by atoms with E-state index in [1.807, 2.05) is 0 Å². The molecule has 0 heteroatoms. The molecule has 2 atom stereocenters. The molecule has 0 saturated heterocycles. The predicted octanol–water partition coefficient (Wildman–Crippen LogP) is 4.81. The highest BCUT2D eigenvalue weighted by atomic mass is 14.2. The van der Waals surface area contributed by atoms with E-state index in [9.17, 15) is 0 Å². The van der Waals surface area contributed by atoms with Crippen LogP contribution < -0.4 is 0 Å². The van der Waals surface area contributed by atoms with E-state index in [2.05, 4.69) is 33.8 Å². The summed E-state index contributed by atoms with van der Waals surface area (Å²) in [5.41, 5.74) is 1.74. The summed E-state index contributed by atoms with van der Waals surface area (Å²) in [5.74, 6) is 2.63. The molecular weight excluding hydrogens is 168 g/mol. The molecule has 0 fully saturated rings. The van der Waals surface area contributed by atoms with Crippen LogP contribution in [0.5, 0.6) is 0 Å². The lowest BCUT2D eigenvalue weighted by molar-refractivity contribution is 0.442. The van der Waals surface area contributed by atoms with Crippen LogP contribution in [0.2, 0.25) is 0 Å². The van der Waals surface area contributed by atoms with Gasteiger partial charge in [0.15, 0.2) is 0 Å². The van der Waals surface area contributed by atoms with Crippen LogP contribution in [-0.4, -0.2) is 0 Å². The molecule has 0 aromatic carbocycles. The minimum atomic E-state index is 0.838. The fourth-order valence-corrected chi connectivity index (χ4v) is 2.20. The number of hydrogen-bond donors (Lipinski definition) is 0. The summed E-state index contributed by atoms with van der Waals surface area (Å²) >= 11 is 0. The minimum absolute atomic E-state index is 0.838. The SMILES string of the molecule is CC(C)CCC(C)C1=CCC(C)CC1. The monoisotopic (exact) mass is 194 g/mol. The third-order valence-electron chi connectivity index (χ3n) is 3.52. The van der Waals surface area contributed by atoms with Crippen LogP contribution in [0, 0.1) is 17.8 Å². The Labute approximate surface area is 89.8 Å². The molecule has 0 N–H and O–H groups in total. The Morgan fingerprint density at radius 3 is 2.50 bits per heavy atom. The van der Waals surface area contributed by atoms with Crippen molar-refractivity contribution >= 4 is 0 Å². The van der Waals surface area contributed by atoms with Gasteiger partial charge in [-0.1, -0.05) is 45.8 Å². The van der Waals surface area contributed by atoms with E-state index in [-0.39, 0.29) is 0 Å². The van der Waals surface area contributed by atoms with Crippen molar-refractivity contribution in [1.82, 2.24) is 0 Å². The van der Waals surface area contributed by atoms with Gasteiger partial charge in [-0.25, -0.2) is 0 Å². The van der Waals surface area contributed by atoms with Gasteiger partial charge in [-0.15, -0.1) is 0 Å². The molecule has 0 saturated carbocycles. The van der Waals surface area contributed by atoms with Gasteiger partial charge in [0.2, 0.25) is 0 Å². The normalized spacial score (nSPS) is 24.9. The molecule has 0 radical (unpaired) electrons. The maximum Gasteiger partial charge on any atom is -0.0232 e. The number of hydrogen-bond acceptors (Lipinski definition) is 0. The molecular formula is C14H26. The molecule has 1 aliphatic rings. The van der Waals surface area contributed by atoms with Gasteiger partial charge in [0.25, 0.3) is 0 Å². The van der Waals surface area contributed by atoms with Crippen molar-refractivity contribution in [3.63, 3.8) is 0 Å². The van der Waals surface area contributed by atoms with Crippen molar-refractivity contribution in [2.24, 2.45) is 17.8 Å². The van der Waals surface area contributed by atoms with Gasteiger partial charge in [0.1, 0.15) is 0 Å². The van der Waals surface area contributed by atoms with Crippen molar-refractivity contribution in [3.8, 4) is 0 Å². The van der Waals surface area contributed by atoms with Crippen LogP contribution >= 0.6 is 0 Å². The van der Waals surface area contributed by atoms with Crippen LogP contribution in [0.3, 0.4) is 0 Å². The summed E-state index contributed by atoms with van der Waals surface area (Å²) in [6, 6.07) is 0. The molecule has 0 aromatic rings. The molecule has 0 aliphatic heterocycles. The zero-order chi connectivity index (χ0) is 10.6. The Kier molecular flexibility index (Phi) is 4.71. The van der Waals surface area contributed by atoms with Crippen molar-refractivity contribution < 1.29 is 0 Å². The molecule has 2 unspecified atom stereocenters. The van der Waals surface area contributed by atoms with Gasteiger partial charge in [0.05, 0.1) is 0 Å². The van der Waals surface area contributed by atoms with Crippen LogP contribution in [0.25, 0.3) is 0 Å². The molecule has 0 aromatic heterocycles. The minimum Gasteiger partial charge on any atom is -0.0848 e. The van der Waals surface area contributed by atoms with Gasteiger partial charge in [-0.2, -0.15) is 0 Å². The maximum absolute atomic E-state index is 2.51. The van der Waals surface area contributed by atoms with Crippen LogP contribution in [0.4, 0.5) is 0 Å². The quantitative estimate of drug-likeness (QED) is 0.564. The molecule has 0 amide bonds. The van der Waals surface area contributed by atoms with Gasteiger partial charge in [-0.3, -0.25) is 0 Å². The summed E-state index contributed by atoms with van der Waals surface area (Å²) in [4.78, 5) is 0. The largest absolute Gasteiger partial charge is 0.0848 e. The summed E-state index contributed by atoms with van der Waals surface area (Å²) in [5, 5.41) is 0. The van der Waals surface area contributed by atoms with E-state index >= 15 is 0 Å². The third-order valence-corrected chi connectivity index (χ3v) is 3.52. The molecule has 1 aliphatic carbocycles. The molecule has 1 rings (SSSR count). The summed E-state index contributed by atoms with van der Waals surface area (Å²) in [7, 11) is 0. The van der Waals surface area contributed by atoms with E-state index in [0.29, 0.717) is 0 Å². The first kappa shape index (κ1) is 11.8. The molecule has 82 valence electrons. The Morgan fingerprint density at radius 2 is 2.00 bits per heavy atom. The molecule has 0 heterocycles. The van der Waals surface area contributed by atoms with Crippen molar-refractivity contribution in [1.29, 1.82) is 0 Å². The van der Waals surface area contributed by atoms with Crippen molar-refractivity contribution in [3.05, 3.63) is 11.6 Å². The summed E-state index contributed by atoms with van der Waals surface area (Å²) in [6.45, 7) is 9.42. The number of allylic oxidation sites excluding steroid dienone is 2. The second-order valence-electron chi connectivity index (χ2n) is 5.53. The summed E-state index contributed by atoms with van der Waals surface area (Å²) in [6.07, 6.45) is 9.38. The zero-order valence-corrected chi connectivity index (χ0v) is 10.3. The van der Waals surface area contributed by atoms with E-state index in [1.165, 1.54) is 32.1 Å². The molecule has 0 spiro atoms. The highest BCUT2D eigenvalue weighted by molar-refractivity contribution is 5.09.